The molecule has 2 rings (SSSR count). The second kappa shape index (κ2) is 4.01. The van der Waals surface area contributed by atoms with Gasteiger partial charge in [0.2, 0.25) is 5.28 Å². The highest BCUT2D eigenvalue weighted by Gasteiger charge is 2.13. The van der Waals surface area contributed by atoms with Crippen LogP contribution in [0, 0.1) is 0 Å². The predicted molar refractivity (Wildman–Crippen MR) is 71.1 cm³/mol. The van der Waals surface area contributed by atoms with Gasteiger partial charge in [-0.3, -0.25) is 0 Å². The fourth-order valence-electron chi connectivity index (χ4n) is 1.39. The van der Waals surface area contributed by atoms with Crippen LogP contribution in [-0.2, 0) is 0 Å². The Morgan fingerprint density at radius 2 is 1.31 bits per heavy atom. The maximum atomic E-state index is 5.90. The van der Waals surface area contributed by atoms with Gasteiger partial charge in [-0.25, -0.2) is 9.97 Å². The molecule has 0 unspecified atom stereocenters. The first kappa shape index (κ1) is 11.9. The Morgan fingerprint density at radius 1 is 0.750 bits per heavy atom. The second-order valence-corrected chi connectivity index (χ2v) is 3.86. The van der Waals surface area contributed by atoms with E-state index in [2.05, 4.69) is 9.97 Å². The third-order valence-corrected chi connectivity index (χ3v) is 2.68. The van der Waals surface area contributed by atoms with Crippen molar-refractivity contribution < 1.29 is 0 Å². The van der Waals surface area contributed by atoms with Gasteiger partial charge in [-0.1, -0.05) is 22.5 Å². The quantitative estimate of drug-likeness (QED) is 0.305. The van der Waals surface area contributed by atoms with Gasteiger partial charge in [0.05, 0.1) is 5.52 Å². The van der Waals surface area contributed by atoms with Crippen LogP contribution in [0.25, 0.3) is 10.9 Å². The Labute approximate surface area is 108 Å². The molecule has 2 aromatic rings. The van der Waals surface area contributed by atoms with E-state index in [9.17, 15) is 0 Å². The van der Waals surface area contributed by atoms with Gasteiger partial charge in [-0.2, -0.15) is 0 Å². The van der Waals surface area contributed by atoms with E-state index in [4.69, 9.17) is 54.6 Å². The van der Waals surface area contributed by atoms with Crippen molar-refractivity contribution in [1.82, 2.24) is 9.97 Å². The molecule has 1 aromatic heterocycles. The minimum absolute atomic E-state index is 0.0345. The van der Waals surface area contributed by atoms with Crippen molar-refractivity contribution in [2.75, 3.05) is 0 Å². The van der Waals surface area contributed by atoms with Crippen LogP contribution in [0.15, 0.2) is 0 Å². The molecule has 0 aliphatic carbocycles. The Bertz CT molecular complexity index is 603. The molecule has 0 aliphatic rings. The molecule has 0 bridgehead atoms. The average molecular weight is 238 g/mol. The van der Waals surface area contributed by atoms with Crippen molar-refractivity contribution in [2.45, 2.75) is 0 Å². The number of rotatable bonds is 0. The van der Waals surface area contributed by atoms with Gasteiger partial charge in [-0.05, 0) is 11.6 Å². The van der Waals surface area contributed by atoms with E-state index in [1.165, 1.54) is 0 Å². The zero-order chi connectivity index (χ0) is 12.0. The van der Waals surface area contributed by atoms with Crippen LogP contribution in [0.3, 0.4) is 0 Å². The molecule has 16 heavy (non-hydrogen) atoms. The summed E-state index contributed by atoms with van der Waals surface area (Å²) < 4.78 is 0. The van der Waals surface area contributed by atoms with Gasteiger partial charge in [-0.15, -0.1) is 10.9 Å². The molecule has 0 saturated carbocycles. The molecular weight excluding hydrogens is 238 g/mol. The minimum Gasteiger partial charge on any atom is -0.218 e. The van der Waals surface area contributed by atoms with E-state index in [1.807, 2.05) is 0 Å². The van der Waals surface area contributed by atoms with Gasteiger partial charge in [0.15, 0.2) is 0 Å². The van der Waals surface area contributed by atoms with E-state index < -0.39 is 0 Å². The zero-order valence-electron chi connectivity index (χ0n) is 7.96. The molecule has 0 spiro atoms. The number of fused-ring (bicyclic) bond motifs is 1. The summed E-state index contributed by atoms with van der Waals surface area (Å²) in [6, 6.07) is 0. The smallest absolute Gasteiger partial charge is 0.218 e. The largest absolute Gasteiger partial charge is 0.224 e. The molecule has 0 saturated heterocycles. The molecule has 0 amide bonds. The Hall–Kier alpha value is -0.600. The summed E-state index contributed by atoms with van der Waals surface area (Å²) in [7, 11) is 22.9. The molecule has 0 atom stereocenters. The summed E-state index contributed by atoms with van der Waals surface area (Å²) in [5.41, 5.74) is 1.01. The summed E-state index contributed by atoms with van der Waals surface area (Å²) in [5.74, 6) is 0. The summed E-state index contributed by atoms with van der Waals surface area (Å²) in [5, 5.41) is 0.411. The topological polar surface area (TPSA) is 25.8 Å². The molecule has 0 aliphatic heterocycles. The molecule has 8 radical (unpaired) electrons. The fourth-order valence-corrected chi connectivity index (χ4v) is 1.88. The third-order valence-electron chi connectivity index (χ3n) is 2.23. The van der Waals surface area contributed by atoms with Crippen molar-refractivity contribution in [1.29, 1.82) is 0 Å². The highest BCUT2D eigenvalue weighted by Crippen LogP contribution is 2.17. The molecule has 1 heterocycles. The van der Waals surface area contributed by atoms with Crippen LogP contribution >= 0.6 is 23.2 Å². The van der Waals surface area contributed by atoms with Crippen LogP contribution in [0.1, 0.15) is 0 Å². The van der Waals surface area contributed by atoms with Gasteiger partial charge in [0, 0.05) is 5.39 Å². The molecule has 0 N–H and O–H groups in total. The number of hydrogen-bond donors (Lipinski definition) is 0. The summed E-state index contributed by atoms with van der Waals surface area (Å²) >= 11 is 11.6. The van der Waals surface area contributed by atoms with E-state index in [1.54, 1.807) is 0 Å². The summed E-state index contributed by atoms with van der Waals surface area (Å²) in [6.07, 6.45) is 0. The van der Waals surface area contributed by atoms with E-state index in [-0.39, 0.29) is 32.3 Å². The van der Waals surface area contributed by atoms with Crippen LogP contribution in [-0.4, -0.2) is 41.4 Å². The molecule has 0 fully saturated rings. The lowest BCUT2D eigenvalue weighted by Gasteiger charge is -2.15. The van der Waals surface area contributed by atoms with E-state index in [0.717, 1.165) is 0 Å². The maximum absolute atomic E-state index is 5.90. The van der Waals surface area contributed by atoms with Gasteiger partial charge in [0.25, 0.3) is 0 Å². The number of aromatic nitrogens is 2. The van der Waals surface area contributed by atoms with Gasteiger partial charge < -0.3 is 0 Å². The van der Waals surface area contributed by atoms with Crippen molar-refractivity contribution in [3.8, 4) is 0 Å². The lowest BCUT2D eigenvalue weighted by Crippen LogP contribution is -2.48. The first-order valence-corrected chi connectivity index (χ1v) is 4.93. The third kappa shape index (κ3) is 1.64. The normalized spacial score (nSPS) is 10.9. The Balaban J connectivity index is 3.08. The SMILES string of the molecule is [B]c1c([B])c([B])c2c(Cl)nc(Cl)nc2c1[B]. The number of benzene rings is 1. The molecule has 1 aromatic carbocycles. The van der Waals surface area contributed by atoms with Crippen molar-refractivity contribution in [2.24, 2.45) is 0 Å². The number of nitrogens with zero attached hydrogens (tertiary/aromatic N) is 2. The first-order chi connectivity index (χ1) is 7.43. The Morgan fingerprint density at radius 3 is 1.94 bits per heavy atom. The van der Waals surface area contributed by atoms with Gasteiger partial charge >= 0.3 is 0 Å². The van der Waals surface area contributed by atoms with Crippen molar-refractivity contribution in [3.63, 3.8) is 0 Å². The molecular formula is C8B4Cl2N2. The lowest BCUT2D eigenvalue weighted by molar-refractivity contribution is 1.23. The van der Waals surface area contributed by atoms with E-state index >= 15 is 0 Å². The Kier molecular flexibility index (Phi) is 2.97. The first-order valence-electron chi connectivity index (χ1n) is 4.18. The predicted octanol–water partition coefficient (Wildman–Crippen LogP) is -1.89. The molecule has 68 valence electrons. The minimum atomic E-state index is -0.0345. The highest BCUT2D eigenvalue weighted by molar-refractivity contribution is 6.67. The van der Waals surface area contributed by atoms with Crippen LogP contribution in [0.4, 0.5) is 0 Å². The second-order valence-electron chi connectivity index (χ2n) is 3.16. The van der Waals surface area contributed by atoms with E-state index in [0.29, 0.717) is 10.9 Å². The van der Waals surface area contributed by atoms with Crippen molar-refractivity contribution >= 4 is 87.3 Å². The number of halogens is 2. The summed E-state index contributed by atoms with van der Waals surface area (Å²) in [6.45, 7) is 0. The molecule has 8 heteroatoms. The molecule has 2 nitrogen and oxygen atoms in total. The van der Waals surface area contributed by atoms with Gasteiger partial charge in [0.1, 0.15) is 36.5 Å². The van der Waals surface area contributed by atoms with Crippen LogP contribution in [0.5, 0.6) is 0 Å². The monoisotopic (exact) mass is 238 g/mol. The highest BCUT2D eigenvalue weighted by atomic mass is 35.5. The standard InChI is InChI=1S/C8B4Cl2N2/c9-2-1-6(5(12)4(11)3(2)10)15-8(14)16-7(1)13. The zero-order valence-corrected chi connectivity index (χ0v) is 9.47. The van der Waals surface area contributed by atoms with Crippen LogP contribution < -0.4 is 21.9 Å². The lowest BCUT2D eigenvalue weighted by atomic mass is 9.65. The maximum Gasteiger partial charge on any atom is 0.224 e. The fraction of sp³-hybridized carbons (Fsp3) is 0. The summed E-state index contributed by atoms with van der Waals surface area (Å²) in [4.78, 5) is 7.69. The number of hydrogen-bond acceptors (Lipinski definition) is 2. The average Bonchev–Trinajstić information content (AvgIpc) is 2.22. The van der Waals surface area contributed by atoms with Crippen LogP contribution in [0.2, 0.25) is 10.4 Å². The van der Waals surface area contributed by atoms with Crippen molar-refractivity contribution in [3.05, 3.63) is 10.4 Å².